The van der Waals surface area contributed by atoms with Crippen molar-refractivity contribution < 1.29 is 8.68 Å². The van der Waals surface area contributed by atoms with Crippen LogP contribution in [0.5, 0.6) is 0 Å². The molecule has 1 nitrogen and oxygen atoms in total. The van der Waals surface area contributed by atoms with Gasteiger partial charge >= 0.3 is 0 Å². The fourth-order valence-electron chi connectivity index (χ4n) is 4.15. The minimum Gasteiger partial charge on any atom is -0.201 e. The summed E-state index contributed by atoms with van der Waals surface area (Å²) in [7, 11) is 2.10. The molecule has 0 radical (unpaired) electrons. The van der Waals surface area contributed by atoms with Crippen LogP contribution in [0.4, 0.5) is 0 Å². The molecule has 1 aromatic heterocycles. The number of hydrogen-bond acceptors (Lipinski definition) is 0. The first-order chi connectivity index (χ1) is 10.8. The molecular formula is C19H22N+. The normalized spacial score (nSPS) is 26.0. The van der Waals surface area contributed by atoms with Gasteiger partial charge in [-0.3, -0.25) is 0 Å². The molecule has 1 fully saturated rings. The summed E-state index contributed by atoms with van der Waals surface area (Å²) in [6.07, 6.45) is 6.27. The molecule has 0 amide bonds. The van der Waals surface area contributed by atoms with Crippen molar-refractivity contribution in [3.05, 3.63) is 52.7 Å². The molecule has 0 spiro atoms. The third-order valence-electron chi connectivity index (χ3n) is 5.15. The first-order valence-electron chi connectivity index (χ1n) is 8.99. The Morgan fingerprint density at radius 1 is 1.15 bits per heavy atom. The number of hydrogen-bond donors (Lipinski definition) is 0. The third kappa shape index (κ3) is 1.65. The fraction of sp³-hybridized carbons (Fsp3) is 0.421. The Bertz CT molecular complexity index is 792. The number of pyridine rings is 1. The van der Waals surface area contributed by atoms with Crippen molar-refractivity contribution in [1.29, 1.82) is 0 Å². The summed E-state index contributed by atoms with van der Waals surface area (Å²) in [6, 6.07) is 7.86. The zero-order chi connectivity index (χ0) is 16.4. The Hall–Kier alpha value is -1.63. The molecule has 102 valence electrons. The lowest BCUT2D eigenvalue weighted by molar-refractivity contribution is -0.660. The molecule has 2 atom stereocenters. The summed E-state index contributed by atoms with van der Waals surface area (Å²) in [6.45, 7) is -0.0352. The second-order valence-corrected chi connectivity index (χ2v) is 6.42. The van der Waals surface area contributed by atoms with Crippen LogP contribution in [0, 0.1) is 13.8 Å². The summed E-state index contributed by atoms with van der Waals surface area (Å²) in [5, 5.41) is 0. The molecule has 2 aromatic rings. The topological polar surface area (TPSA) is 3.88 Å². The number of fused-ring (bicyclic) bond motifs is 5. The van der Waals surface area contributed by atoms with Gasteiger partial charge in [-0.1, -0.05) is 17.7 Å². The maximum absolute atomic E-state index is 7.57. The van der Waals surface area contributed by atoms with E-state index in [-0.39, 0.29) is 0 Å². The molecule has 2 bridgehead atoms. The van der Waals surface area contributed by atoms with Crippen LogP contribution >= 0.6 is 0 Å². The number of aryl methyl sites for hydroxylation is 3. The number of benzene rings is 1. The van der Waals surface area contributed by atoms with Crippen LogP contribution in [0.3, 0.4) is 0 Å². The van der Waals surface area contributed by atoms with Gasteiger partial charge in [0.05, 0.1) is 0 Å². The molecule has 20 heavy (non-hydrogen) atoms. The van der Waals surface area contributed by atoms with Crippen molar-refractivity contribution in [2.45, 2.75) is 44.9 Å². The zero-order valence-electron chi connectivity index (χ0n) is 15.1. The first kappa shape index (κ1) is 9.33. The van der Waals surface area contributed by atoms with Gasteiger partial charge in [-0.2, -0.15) is 0 Å². The van der Waals surface area contributed by atoms with E-state index in [1.54, 1.807) is 6.07 Å². The van der Waals surface area contributed by atoms with Crippen molar-refractivity contribution in [1.82, 2.24) is 0 Å². The lowest BCUT2D eigenvalue weighted by Gasteiger charge is -2.15. The predicted octanol–water partition coefficient (Wildman–Crippen LogP) is 4.16. The van der Waals surface area contributed by atoms with Crippen molar-refractivity contribution in [2.75, 3.05) is 0 Å². The number of rotatable bonds is 1. The van der Waals surface area contributed by atoms with Crippen molar-refractivity contribution in [3.8, 4) is 11.3 Å². The minimum atomic E-state index is -2.04. The lowest BCUT2D eigenvalue weighted by atomic mass is 9.91. The van der Waals surface area contributed by atoms with Gasteiger partial charge in [-0.05, 0) is 62.1 Å². The van der Waals surface area contributed by atoms with E-state index in [0.29, 0.717) is 5.56 Å². The molecule has 0 aliphatic heterocycles. The van der Waals surface area contributed by atoms with E-state index in [2.05, 4.69) is 23.9 Å². The number of nitrogens with zero attached hydrogens (tertiary/aromatic N) is 1. The molecule has 0 N–H and O–H groups in total. The Kier molecular flexibility index (Phi) is 1.95. The van der Waals surface area contributed by atoms with E-state index in [1.165, 1.54) is 36.1 Å². The largest absolute Gasteiger partial charge is 0.212 e. The van der Waals surface area contributed by atoms with E-state index in [4.69, 9.17) is 4.11 Å². The Morgan fingerprint density at radius 3 is 2.70 bits per heavy atom. The van der Waals surface area contributed by atoms with Crippen molar-refractivity contribution in [3.63, 3.8) is 0 Å². The lowest BCUT2D eigenvalue weighted by Crippen LogP contribution is -2.32. The van der Waals surface area contributed by atoms with E-state index in [1.807, 2.05) is 19.1 Å². The molecule has 2 aliphatic carbocycles. The van der Waals surface area contributed by atoms with Crippen LogP contribution in [0.1, 0.15) is 57.5 Å². The van der Waals surface area contributed by atoms with Gasteiger partial charge in [0, 0.05) is 21.3 Å². The van der Waals surface area contributed by atoms with E-state index in [9.17, 15) is 0 Å². The second-order valence-electron chi connectivity index (χ2n) is 6.42. The Balaban J connectivity index is 1.81. The molecule has 1 saturated carbocycles. The summed E-state index contributed by atoms with van der Waals surface area (Å²) in [4.78, 5) is 0. The van der Waals surface area contributed by atoms with Crippen LogP contribution in [0.15, 0.2) is 30.5 Å². The van der Waals surface area contributed by atoms with Crippen LogP contribution in [-0.2, 0) is 7.05 Å². The predicted molar refractivity (Wildman–Crippen MR) is 81.9 cm³/mol. The van der Waals surface area contributed by atoms with Gasteiger partial charge in [0.2, 0.25) is 5.69 Å². The molecule has 0 saturated heterocycles. The van der Waals surface area contributed by atoms with Gasteiger partial charge in [-0.15, -0.1) is 0 Å². The van der Waals surface area contributed by atoms with Gasteiger partial charge in [-0.25, -0.2) is 4.57 Å². The molecule has 4 rings (SSSR count). The summed E-state index contributed by atoms with van der Waals surface area (Å²) >= 11 is 0. The molecule has 1 heterocycles. The first-order valence-corrected chi connectivity index (χ1v) is 7.49. The van der Waals surface area contributed by atoms with Gasteiger partial charge in [0.15, 0.2) is 6.20 Å². The highest BCUT2D eigenvalue weighted by atomic mass is 14.9. The highest BCUT2D eigenvalue weighted by Crippen LogP contribution is 2.53. The monoisotopic (exact) mass is 267 g/mol. The SMILES string of the molecule is [2H]C([2H])([2H])c1ccc(-c2cc3c(c[n+]2C)C2CCC3C2)c(C)c1. The second kappa shape index (κ2) is 4.18. The number of aromatic nitrogens is 1. The molecule has 1 aromatic carbocycles. The molecule has 2 aliphatic rings. The van der Waals surface area contributed by atoms with Gasteiger partial charge in [0.25, 0.3) is 0 Å². The van der Waals surface area contributed by atoms with Crippen molar-refractivity contribution in [2.24, 2.45) is 7.05 Å². The summed E-state index contributed by atoms with van der Waals surface area (Å²) < 4.78 is 24.9. The zero-order valence-corrected chi connectivity index (χ0v) is 12.1. The third-order valence-corrected chi connectivity index (χ3v) is 5.15. The maximum Gasteiger partial charge on any atom is 0.212 e. The Morgan fingerprint density at radius 2 is 1.95 bits per heavy atom. The molecule has 2 unspecified atom stereocenters. The molecular weight excluding hydrogens is 242 g/mol. The standard InChI is InChI=1S/C19H22N/c1-12-4-7-16(13(2)8-12)19-10-17-14-5-6-15(9-14)18(17)11-20(19)3/h4,7-8,10-11,14-15H,5-6,9H2,1-3H3/q+1/i1D3. The van der Waals surface area contributed by atoms with Crippen LogP contribution in [-0.4, -0.2) is 0 Å². The molecule has 1 heteroatoms. The Labute approximate surface area is 125 Å². The average molecular weight is 267 g/mol. The van der Waals surface area contributed by atoms with E-state index in [0.717, 1.165) is 23.0 Å². The average Bonchev–Trinajstić information content (AvgIpc) is 3.07. The maximum atomic E-state index is 7.57. The van der Waals surface area contributed by atoms with Crippen LogP contribution in [0.2, 0.25) is 0 Å². The van der Waals surface area contributed by atoms with Gasteiger partial charge < -0.3 is 0 Å². The summed E-state index contributed by atoms with van der Waals surface area (Å²) in [5.74, 6) is 1.49. The van der Waals surface area contributed by atoms with Gasteiger partial charge in [0.1, 0.15) is 7.05 Å². The highest BCUT2D eigenvalue weighted by Gasteiger charge is 2.39. The summed E-state index contributed by atoms with van der Waals surface area (Å²) in [5.41, 5.74) is 6.81. The van der Waals surface area contributed by atoms with E-state index >= 15 is 0 Å². The van der Waals surface area contributed by atoms with Crippen LogP contribution < -0.4 is 4.57 Å². The van der Waals surface area contributed by atoms with Crippen molar-refractivity contribution >= 4 is 0 Å². The fourth-order valence-corrected chi connectivity index (χ4v) is 4.15. The minimum absolute atomic E-state index is 0.418. The van der Waals surface area contributed by atoms with Crippen LogP contribution in [0.25, 0.3) is 11.3 Å². The smallest absolute Gasteiger partial charge is 0.201 e. The highest BCUT2D eigenvalue weighted by molar-refractivity contribution is 5.63. The quantitative estimate of drug-likeness (QED) is 0.683. The van der Waals surface area contributed by atoms with E-state index < -0.39 is 6.85 Å².